The van der Waals surface area contributed by atoms with Crippen LogP contribution in [0.1, 0.15) is 23.2 Å². The van der Waals surface area contributed by atoms with Gasteiger partial charge in [0.15, 0.2) is 0 Å². The first-order chi connectivity index (χ1) is 10.8. The first kappa shape index (κ1) is 17.7. The number of hydrogen-bond donors (Lipinski definition) is 0. The van der Waals surface area contributed by atoms with Gasteiger partial charge in [-0.2, -0.15) is 13.2 Å². The van der Waals surface area contributed by atoms with E-state index in [-0.39, 0.29) is 34.5 Å². The van der Waals surface area contributed by atoms with Crippen molar-refractivity contribution in [3.05, 3.63) is 29.8 Å². The van der Waals surface area contributed by atoms with Gasteiger partial charge in [-0.05, 0) is 48.9 Å². The molecule has 0 atom stereocenters. The molecule has 1 heterocycles. The Morgan fingerprint density at radius 1 is 1.17 bits per heavy atom. The highest BCUT2D eigenvalue weighted by atomic mass is 32.2. The third-order valence-corrected chi connectivity index (χ3v) is 4.39. The molecule has 0 radical (unpaired) electrons. The van der Waals surface area contributed by atoms with Crippen LogP contribution in [-0.4, -0.2) is 42.5 Å². The molecule has 126 valence electrons. The lowest BCUT2D eigenvalue weighted by Gasteiger charge is -2.30. The van der Waals surface area contributed by atoms with Gasteiger partial charge >= 0.3 is 11.5 Å². The Hall–Kier alpha value is -1.70. The summed E-state index contributed by atoms with van der Waals surface area (Å²) in [4.78, 5) is 25.4. The third-order valence-electron chi connectivity index (χ3n) is 3.65. The number of alkyl halides is 3. The highest BCUT2D eigenvalue weighted by molar-refractivity contribution is 8.00. The van der Waals surface area contributed by atoms with Crippen molar-refractivity contribution in [2.75, 3.05) is 20.2 Å². The van der Waals surface area contributed by atoms with E-state index < -0.39 is 5.51 Å². The molecule has 0 unspecified atom stereocenters. The third kappa shape index (κ3) is 4.89. The normalized spacial score (nSPS) is 16.3. The Labute approximate surface area is 136 Å². The maximum atomic E-state index is 12.3. The van der Waals surface area contributed by atoms with Crippen molar-refractivity contribution in [3.63, 3.8) is 0 Å². The van der Waals surface area contributed by atoms with E-state index in [0.717, 1.165) is 0 Å². The number of esters is 1. The number of nitrogens with zero attached hydrogens (tertiary/aromatic N) is 1. The summed E-state index contributed by atoms with van der Waals surface area (Å²) in [7, 11) is 1.33. The van der Waals surface area contributed by atoms with E-state index in [0.29, 0.717) is 31.5 Å². The van der Waals surface area contributed by atoms with E-state index in [2.05, 4.69) is 4.74 Å². The van der Waals surface area contributed by atoms with Gasteiger partial charge in [0.25, 0.3) is 5.91 Å². The van der Waals surface area contributed by atoms with E-state index in [9.17, 15) is 22.8 Å². The van der Waals surface area contributed by atoms with Crippen molar-refractivity contribution in [2.45, 2.75) is 23.2 Å². The Morgan fingerprint density at radius 2 is 1.74 bits per heavy atom. The fourth-order valence-corrected chi connectivity index (χ4v) is 3.01. The van der Waals surface area contributed by atoms with Gasteiger partial charge in [0.2, 0.25) is 0 Å². The number of amides is 1. The monoisotopic (exact) mass is 347 g/mol. The number of rotatable bonds is 3. The Bertz CT molecular complexity index is 566. The number of methoxy groups -OCH3 is 1. The van der Waals surface area contributed by atoms with Crippen LogP contribution in [0.3, 0.4) is 0 Å². The highest BCUT2D eigenvalue weighted by Crippen LogP contribution is 2.36. The molecule has 23 heavy (non-hydrogen) atoms. The van der Waals surface area contributed by atoms with Gasteiger partial charge in [-0.25, -0.2) is 0 Å². The minimum Gasteiger partial charge on any atom is -0.469 e. The van der Waals surface area contributed by atoms with Crippen molar-refractivity contribution in [3.8, 4) is 0 Å². The summed E-state index contributed by atoms with van der Waals surface area (Å²) in [5, 5.41) is 0. The highest BCUT2D eigenvalue weighted by Gasteiger charge is 2.30. The second-order valence-corrected chi connectivity index (χ2v) is 6.30. The molecular formula is C15H16F3NO3S. The van der Waals surface area contributed by atoms with Crippen molar-refractivity contribution in [1.29, 1.82) is 0 Å². The summed E-state index contributed by atoms with van der Waals surface area (Å²) in [6.45, 7) is 0.856. The summed E-state index contributed by atoms with van der Waals surface area (Å²) in [5.74, 6) is -0.711. The molecule has 0 spiro atoms. The summed E-state index contributed by atoms with van der Waals surface area (Å²) < 4.78 is 41.5. The number of benzene rings is 1. The van der Waals surface area contributed by atoms with Crippen LogP contribution in [0.25, 0.3) is 0 Å². The molecule has 1 aromatic rings. The van der Waals surface area contributed by atoms with Gasteiger partial charge in [0.05, 0.1) is 13.0 Å². The smallest absolute Gasteiger partial charge is 0.446 e. The average Bonchev–Trinajstić information content (AvgIpc) is 2.53. The number of halogens is 3. The summed E-state index contributed by atoms with van der Waals surface area (Å²) in [6.07, 6.45) is 1.06. The van der Waals surface area contributed by atoms with Crippen LogP contribution in [0.5, 0.6) is 0 Å². The minimum absolute atomic E-state index is 0.0402. The van der Waals surface area contributed by atoms with Crippen LogP contribution in [0, 0.1) is 5.92 Å². The quantitative estimate of drug-likeness (QED) is 0.622. The van der Waals surface area contributed by atoms with Gasteiger partial charge < -0.3 is 9.64 Å². The molecule has 1 aliphatic heterocycles. The molecule has 0 saturated carbocycles. The topological polar surface area (TPSA) is 46.6 Å². The second-order valence-electron chi connectivity index (χ2n) is 5.16. The van der Waals surface area contributed by atoms with Crippen molar-refractivity contribution >= 4 is 23.6 Å². The predicted molar refractivity (Wildman–Crippen MR) is 79.0 cm³/mol. The summed E-state index contributed by atoms with van der Waals surface area (Å²) >= 11 is -0.214. The van der Waals surface area contributed by atoms with Crippen molar-refractivity contribution < 1.29 is 27.5 Å². The minimum atomic E-state index is -4.35. The van der Waals surface area contributed by atoms with Crippen LogP contribution in [0.4, 0.5) is 13.2 Å². The SMILES string of the molecule is COC(=O)C1CCN(C(=O)c2ccc(SC(F)(F)F)cc2)CC1. The van der Waals surface area contributed by atoms with Gasteiger partial charge in [0, 0.05) is 23.5 Å². The lowest BCUT2D eigenvalue weighted by Crippen LogP contribution is -2.40. The molecule has 1 amide bonds. The Morgan fingerprint density at radius 3 is 2.22 bits per heavy atom. The van der Waals surface area contributed by atoms with E-state index in [4.69, 9.17) is 0 Å². The molecule has 0 N–H and O–H groups in total. The molecule has 8 heteroatoms. The number of carbonyl (C=O) groups excluding carboxylic acids is 2. The second kappa shape index (κ2) is 7.25. The maximum Gasteiger partial charge on any atom is 0.446 e. The molecule has 1 aliphatic rings. The first-order valence-electron chi connectivity index (χ1n) is 7.03. The number of piperidine rings is 1. The largest absolute Gasteiger partial charge is 0.469 e. The zero-order valence-corrected chi connectivity index (χ0v) is 13.2. The fourth-order valence-electron chi connectivity index (χ4n) is 2.47. The van der Waals surface area contributed by atoms with E-state index >= 15 is 0 Å². The zero-order valence-electron chi connectivity index (χ0n) is 12.4. The first-order valence-corrected chi connectivity index (χ1v) is 7.84. The lowest BCUT2D eigenvalue weighted by atomic mass is 9.96. The van der Waals surface area contributed by atoms with Crippen molar-refractivity contribution in [2.24, 2.45) is 5.92 Å². The van der Waals surface area contributed by atoms with Crippen molar-refractivity contribution in [1.82, 2.24) is 4.90 Å². The molecule has 1 saturated heterocycles. The van der Waals surface area contributed by atoms with E-state index in [1.165, 1.54) is 31.4 Å². The van der Waals surface area contributed by atoms with Gasteiger partial charge in [-0.3, -0.25) is 9.59 Å². The van der Waals surface area contributed by atoms with Gasteiger partial charge in [-0.1, -0.05) is 0 Å². The molecule has 0 bridgehead atoms. The zero-order chi connectivity index (χ0) is 17.0. The van der Waals surface area contributed by atoms with Gasteiger partial charge in [-0.15, -0.1) is 0 Å². The summed E-state index contributed by atoms with van der Waals surface area (Å²) in [6, 6.07) is 5.35. The van der Waals surface area contributed by atoms with Gasteiger partial charge in [0.1, 0.15) is 0 Å². The predicted octanol–water partition coefficient (Wildman–Crippen LogP) is 3.32. The summed E-state index contributed by atoms with van der Waals surface area (Å²) in [5.41, 5.74) is -4.01. The molecule has 1 aromatic carbocycles. The number of ether oxygens (including phenoxy) is 1. The van der Waals surface area contributed by atoms with Crippen LogP contribution in [0.2, 0.25) is 0 Å². The Kier molecular flexibility index (Phi) is 5.56. The molecule has 2 rings (SSSR count). The number of likely N-dealkylation sites (tertiary alicyclic amines) is 1. The van der Waals surface area contributed by atoms with Crippen LogP contribution in [0.15, 0.2) is 29.2 Å². The lowest BCUT2D eigenvalue weighted by molar-refractivity contribution is -0.146. The number of hydrogen-bond acceptors (Lipinski definition) is 4. The molecule has 1 fully saturated rings. The van der Waals surface area contributed by atoms with Crippen LogP contribution >= 0.6 is 11.8 Å². The molecule has 0 aliphatic carbocycles. The molecule has 0 aromatic heterocycles. The molecule has 4 nitrogen and oxygen atoms in total. The molecular weight excluding hydrogens is 331 g/mol. The number of thioether (sulfide) groups is 1. The fraction of sp³-hybridized carbons (Fsp3) is 0.467. The van der Waals surface area contributed by atoms with Crippen LogP contribution in [-0.2, 0) is 9.53 Å². The van der Waals surface area contributed by atoms with E-state index in [1.807, 2.05) is 0 Å². The van der Waals surface area contributed by atoms with Crippen LogP contribution < -0.4 is 0 Å². The van der Waals surface area contributed by atoms with E-state index in [1.54, 1.807) is 4.90 Å². The average molecular weight is 347 g/mol. The standard InChI is InChI=1S/C15H16F3NO3S/c1-22-14(21)11-6-8-19(9-7-11)13(20)10-2-4-12(5-3-10)23-15(16,17)18/h2-5,11H,6-9H2,1H3. The number of carbonyl (C=O) groups is 2. The Balaban J connectivity index is 1.95. The maximum absolute atomic E-state index is 12.3.